The minimum absolute atomic E-state index is 0.245. The van der Waals surface area contributed by atoms with E-state index in [4.69, 9.17) is 0 Å². The van der Waals surface area contributed by atoms with E-state index in [9.17, 15) is 4.79 Å². The van der Waals surface area contributed by atoms with Gasteiger partial charge in [0, 0.05) is 39.1 Å². The third-order valence-corrected chi connectivity index (χ3v) is 6.28. The van der Waals surface area contributed by atoms with Gasteiger partial charge in [-0.05, 0) is 49.0 Å². The Balaban J connectivity index is 1.53. The van der Waals surface area contributed by atoms with Crippen LogP contribution in [0.2, 0.25) is 0 Å². The van der Waals surface area contributed by atoms with E-state index < -0.39 is 0 Å². The van der Waals surface area contributed by atoms with Crippen molar-refractivity contribution in [3.63, 3.8) is 0 Å². The van der Waals surface area contributed by atoms with Crippen molar-refractivity contribution in [1.82, 2.24) is 9.80 Å². The van der Waals surface area contributed by atoms with E-state index in [1.807, 2.05) is 4.90 Å². The predicted octanol–water partition coefficient (Wildman–Crippen LogP) is 3.27. The minimum atomic E-state index is 0.245. The molecular formula is C20H28N2O. The third kappa shape index (κ3) is 3.16. The van der Waals surface area contributed by atoms with Crippen LogP contribution in [0.5, 0.6) is 0 Å². The first-order chi connectivity index (χ1) is 11.2. The fourth-order valence-corrected chi connectivity index (χ4v) is 4.75. The highest BCUT2D eigenvalue weighted by Crippen LogP contribution is 2.47. The normalized spacial score (nSPS) is 28.0. The first-order valence-electron chi connectivity index (χ1n) is 9.20. The molecule has 0 unspecified atom stereocenters. The van der Waals surface area contributed by atoms with E-state index in [1.54, 1.807) is 6.92 Å². The largest absolute Gasteiger partial charge is 0.343 e. The number of amides is 1. The van der Waals surface area contributed by atoms with Crippen molar-refractivity contribution in [3.05, 3.63) is 35.9 Å². The molecule has 2 heterocycles. The van der Waals surface area contributed by atoms with Gasteiger partial charge in [-0.3, -0.25) is 9.69 Å². The van der Waals surface area contributed by atoms with Gasteiger partial charge in [0.05, 0.1) is 0 Å². The molecule has 2 aliphatic heterocycles. The van der Waals surface area contributed by atoms with Crippen molar-refractivity contribution in [2.24, 2.45) is 5.41 Å². The Morgan fingerprint density at radius 2 is 1.83 bits per heavy atom. The van der Waals surface area contributed by atoms with Gasteiger partial charge in [0.2, 0.25) is 5.91 Å². The van der Waals surface area contributed by atoms with Crippen molar-refractivity contribution in [2.45, 2.75) is 51.0 Å². The van der Waals surface area contributed by atoms with Crippen molar-refractivity contribution >= 4 is 5.91 Å². The van der Waals surface area contributed by atoms with Crippen LogP contribution in [0.1, 0.15) is 50.5 Å². The second kappa shape index (κ2) is 5.94. The van der Waals surface area contributed by atoms with Gasteiger partial charge >= 0.3 is 0 Å². The van der Waals surface area contributed by atoms with Crippen LogP contribution >= 0.6 is 0 Å². The highest BCUT2D eigenvalue weighted by Gasteiger charge is 2.45. The van der Waals surface area contributed by atoms with Crippen LogP contribution in [0.25, 0.3) is 0 Å². The smallest absolute Gasteiger partial charge is 0.219 e. The Hall–Kier alpha value is -1.35. The molecule has 4 rings (SSSR count). The number of hydrogen-bond acceptors (Lipinski definition) is 2. The maximum atomic E-state index is 11.7. The Labute approximate surface area is 139 Å². The fraction of sp³-hybridized carbons (Fsp3) is 0.650. The summed E-state index contributed by atoms with van der Waals surface area (Å²) in [6.07, 6.45) is 6.43. The van der Waals surface area contributed by atoms with Gasteiger partial charge in [0.15, 0.2) is 0 Å². The molecule has 124 valence electrons. The molecule has 2 saturated heterocycles. The lowest BCUT2D eigenvalue weighted by atomic mass is 9.68. The number of hydrogen-bond donors (Lipinski definition) is 0. The van der Waals surface area contributed by atoms with E-state index in [-0.39, 0.29) is 5.91 Å². The number of nitrogens with zero attached hydrogens (tertiary/aromatic N) is 2. The Kier molecular flexibility index (Phi) is 3.92. The predicted molar refractivity (Wildman–Crippen MR) is 92.3 cm³/mol. The molecule has 3 heteroatoms. The summed E-state index contributed by atoms with van der Waals surface area (Å²) in [6.45, 7) is 6.10. The van der Waals surface area contributed by atoms with Crippen molar-refractivity contribution < 1.29 is 4.79 Å². The van der Waals surface area contributed by atoms with Crippen LogP contribution < -0.4 is 0 Å². The van der Waals surface area contributed by atoms with Crippen molar-refractivity contribution in [3.8, 4) is 0 Å². The summed E-state index contributed by atoms with van der Waals surface area (Å²) in [7, 11) is 0. The second-order valence-electron chi connectivity index (χ2n) is 7.98. The van der Waals surface area contributed by atoms with Crippen LogP contribution in [0.4, 0.5) is 0 Å². The lowest BCUT2D eigenvalue weighted by Crippen LogP contribution is -2.52. The lowest BCUT2D eigenvalue weighted by Gasteiger charge is -2.50. The monoisotopic (exact) mass is 312 g/mol. The van der Waals surface area contributed by atoms with Gasteiger partial charge in [0.25, 0.3) is 0 Å². The third-order valence-electron chi connectivity index (χ3n) is 6.28. The Morgan fingerprint density at radius 1 is 1.13 bits per heavy atom. The average molecular weight is 312 g/mol. The number of carbonyl (C=O) groups is 1. The van der Waals surface area contributed by atoms with Gasteiger partial charge in [-0.25, -0.2) is 0 Å². The summed E-state index contributed by atoms with van der Waals surface area (Å²) in [5.74, 6) is 0.906. The molecule has 3 nitrogen and oxygen atoms in total. The van der Waals surface area contributed by atoms with E-state index in [1.165, 1.54) is 50.8 Å². The molecule has 1 saturated carbocycles. The highest BCUT2D eigenvalue weighted by molar-refractivity contribution is 5.73. The molecule has 1 amide bonds. The Bertz CT molecular complexity index is 558. The zero-order valence-corrected chi connectivity index (χ0v) is 14.2. The van der Waals surface area contributed by atoms with Crippen molar-refractivity contribution in [2.75, 3.05) is 26.2 Å². The highest BCUT2D eigenvalue weighted by atomic mass is 16.2. The van der Waals surface area contributed by atoms with Gasteiger partial charge < -0.3 is 4.90 Å². The maximum absolute atomic E-state index is 11.7. The number of rotatable bonds is 2. The molecule has 0 radical (unpaired) electrons. The van der Waals surface area contributed by atoms with Gasteiger partial charge in [0.1, 0.15) is 0 Å². The van der Waals surface area contributed by atoms with E-state index in [0.29, 0.717) is 11.3 Å². The van der Waals surface area contributed by atoms with E-state index >= 15 is 0 Å². The second-order valence-corrected chi connectivity index (χ2v) is 7.98. The van der Waals surface area contributed by atoms with Crippen LogP contribution in [0.3, 0.4) is 0 Å². The van der Waals surface area contributed by atoms with Gasteiger partial charge in [-0.1, -0.05) is 30.3 Å². The summed E-state index contributed by atoms with van der Waals surface area (Å²) in [6, 6.07) is 11.9. The molecule has 3 fully saturated rings. The SMILES string of the molecule is CC(=O)N1CCC2(CC1)C[C@@H](c1ccccc1)CN(C1CC1)C2. The molecule has 3 aliphatic rings. The van der Waals surface area contributed by atoms with Crippen molar-refractivity contribution in [1.29, 1.82) is 0 Å². The summed E-state index contributed by atoms with van der Waals surface area (Å²) in [4.78, 5) is 16.5. The molecule has 1 spiro atoms. The standard InChI is InChI=1S/C20H28N2O/c1-16(23)21-11-9-20(10-12-21)13-18(17-5-3-2-4-6-17)14-22(15-20)19-7-8-19/h2-6,18-19H,7-15H2,1H3/t18-/m1/s1. The Morgan fingerprint density at radius 3 is 2.43 bits per heavy atom. The zero-order chi connectivity index (χ0) is 15.9. The summed E-state index contributed by atoms with van der Waals surface area (Å²) >= 11 is 0. The van der Waals surface area contributed by atoms with Crippen LogP contribution in [0, 0.1) is 5.41 Å². The van der Waals surface area contributed by atoms with Crippen LogP contribution in [0.15, 0.2) is 30.3 Å². The minimum Gasteiger partial charge on any atom is -0.343 e. The van der Waals surface area contributed by atoms with E-state index in [2.05, 4.69) is 35.2 Å². The quantitative estimate of drug-likeness (QED) is 0.837. The zero-order valence-electron chi connectivity index (χ0n) is 14.2. The molecular weight excluding hydrogens is 284 g/mol. The topological polar surface area (TPSA) is 23.6 Å². The molecule has 0 N–H and O–H groups in total. The molecule has 1 aromatic rings. The maximum Gasteiger partial charge on any atom is 0.219 e. The fourth-order valence-electron chi connectivity index (χ4n) is 4.75. The average Bonchev–Trinajstić information content (AvgIpc) is 3.41. The van der Waals surface area contributed by atoms with Crippen LogP contribution in [-0.2, 0) is 4.79 Å². The first kappa shape index (κ1) is 15.2. The lowest BCUT2D eigenvalue weighted by molar-refractivity contribution is -0.132. The van der Waals surface area contributed by atoms with E-state index in [0.717, 1.165) is 19.1 Å². The van der Waals surface area contributed by atoms with Gasteiger partial charge in [-0.2, -0.15) is 0 Å². The molecule has 1 aliphatic carbocycles. The number of benzene rings is 1. The number of carbonyl (C=O) groups excluding carboxylic acids is 1. The molecule has 0 aromatic heterocycles. The number of likely N-dealkylation sites (tertiary alicyclic amines) is 2. The summed E-state index contributed by atoms with van der Waals surface area (Å²) < 4.78 is 0. The molecule has 23 heavy (non-hydrogen) atoms. The summed E-state index contributed by atoms with van der Waals surface area (Å²) in [5, 5.41) is 0. The molecule has 1 atom stereocenters. The van der Waals surface area contributed by atoms with Gasteiger partial charge in [-0.15, -0.1) is 0 Å². The van der Waals surface area contributed by atoms with Crippen LogP contribution in [-0.4, -0.2) is 47.9 Å². The number of piperidine rings is 2. The molecule has 1 aromatic carbocycles. The molecule has 0 bridgehead atoms. The summed E-state index contributed by atoms with van der Waals surface area (Å²) in [5.41, 5.74) is 1.93. The first-order valence-corrected chi connectivity index (χ1v) is 9.20.